The average Bonchev–Trinajstić information content (AvgIpc) is 2.87. The van der Waals surface area contributed by atoms with E-state index in [1.807, 2.05) is 96.8 Å². The molecular weight excluding hydrogens is 434 g/mol. The first kappa shape index (κ1) is 22.1. The Morgan fingerprint density at radius 1 is 0.743 bits per heavy atom. The molecule has 0 bridgehead atoms. The monoisotopic (exact) mass is 460 g/mol. The van der Waals surface area contributed by atoms with Crippen LogP contribution in [-0.4, -0.2) is 10.9 Å². The lowest BCUT2D eigenvalue weighted by Crippen LogP contribution is -2.25. The van der Waals surface area contributed by atoms with Gasteiger partial charge in [-0.3, -0.25) is 9.78 Å². The minimum atomic E-state index is -0.153. The van der Waals surface area contributed by atoms with Gasteiger partial charge >= 0.3 is 0 Å². The van der Waals surface area contributed by atoms with Crippen LogP contribution in [-0.2, 0) is 7.05 Å². The maximum atomic E-state index is 12.7. The van der Waals surface area contributed by atoms with E-state index in [1.54, 1.807) is 6.20 Å². The number of pyridine rings is 2. The standard InChI is InChI=1S/C29H25N5O/c1-20-3-12-27-26(19-20)28(13-16-30-27)32-23-8-10-24(11-9-23)33-29(35)21-4-6-22(7-5-21)31-25-14-17-34(2)18-15-25/h3-19H,1-2H3,(H2,30,32,33,35)/p+1. The SMILES string of the molecule is Cc1ccc2nccc(Nc3ccc(NC(=O)c4ccc(Nc5cc[n+](C)cc5)cc4)cc3)c2c1. The summed E-state index contributed by atoms with van der Waals surface area (Å²) < 4.78 is 1.98. The van der Waals surface area contributed by atoms with E-state index >= 15 is 0 Å². The van der Waals surface area contributed by atoms with Crippen LogP contribution in [0.1, 0.15) is 15.9 Å². The minimum absolute atomic E-state index is 0.153. The lowest BCUT2D eigenvalue weighted by Gasteiger charge is -2.11. The average molecular weight is 461 g/mol. The van der Waals surface area contributed by atoms with Crippen molar-refractivity contribution in [3.8, 4) is 0 Å². The second-order valence-electron chi connectivity index (χ2n) is 8.49. The summed E-state index contributed by atoms with van der Waals surface area (Å²) in [5.74, 6) is -0.153. The number of hydrogen-bond donors (Lipinski definition) is 3. The number of rotatable bonds is 6. The highest BCUT2D eigenvalue weighted by molar-refractivity contribution is 6.04. The van der Waals surface area contributed by atoms with Gasteiger partial charge in [-0.05, 0) is 73.7 Å². The molecule has 5 rings (SSSR count). The summed E-state index contributed by atoms with van der Waals surface area (Å²) in [6.45, 7) is 2.07. The summed E-state index contributed by atoms with van der Waals surface area (Å²) in [5, 5.41) is 10.8. The number of carbonyl (C=O) groups is 1. The maximum Gasteiger partial charge on any atom is 0.255 e. The molecule has 5 aromatic rings. The zero-order chi connectivity index (χ0) is 24.2. The van der Waals surface area contributed by atoms with Crippen molar-refractivity contribution >= 4 is 45.2 Å². The molecule has 0 atom stereocenters. The van der Waals surface area contributed by atoms with Crippen LogP contribution in [0.5, 0.6) is 0 Å². The fraction of sp³-hybridized carbons (Fsp3) is 0.0690. The first-order chi connectivity index (χ1) is 17.0. The highest BCUT2D eigenvalue weighted by Crippen LogP contribution is 2.27. The highest BCUT2D eigenvalue weighted by Gasteiger charge is 2.08. The van der Waals surface area contributed by atoms with Crippen LogP contribution in [0, 0.1) is 6.92 Å². The third kappa shape index (κ3) is 5.28. The molecule has 0 aliphatic rings. The molecule has 0 radical (unpaired) electrons. The van der Waals surface area contributed by atoms with E-state index in [-0.39, 0.29) is 5.91 Å². The van der Waals surface area contributed by atoms with Crippen molar-refractivity contribution in [1.29, 1.82) is 0 Å². The van der Waals surface area contributed by atoms with E-state index in [4.69, 9.17) is 0 Å². The molecule has 3 aromatic carbocycles. The molecule has 172 valence electrons. The van der Waals surface area contributed by atoms with Gasteiger partial charge in [0.2, 0.25) is 0 Å². The smallest absolute Gasteiger partial charge is 0.255 e. The normalized spacial score (nSPS) is 10.7. The molecule has 2 aromatic heterocycles. The molecular formula is C29H26N5O+. The first-order valence-corrected chi connectivity index (χ1v) is 11.4. The van der Waals surface area contributed by atoms with Gasteiger partial charge in [-0.2, -0.15) is 0 Å². The lowest BCUT2D eigenvalue weighted by atomic mass is 10.1. The Bertz CT molecular complexity index is 1480. The van der Waals surface area contributed by atoms with E-state index in [0.29, 0.717) is 5.56 Å². The second kappa shape index (κ2) is 9.65. The van der Waals surface area contributed by atoms with E-state index in [1.165, 1.54) is 5.56 Å². The second-order valence-corrected chi connectivity index (χ2v) is 8.49. The van der Waals surface area contributed by atoms with E-state index < -0.39 is 0 Å². The Hall–Kier alpha value is -4.71. The van der Waals surface area contributed by atoms with Crippen molar-refractivity contribution in [2.24, 2.45) is 7.05 Å². The van der Waals surface area contributed by atoms with Crippen LogP contribution < -0.4 is 20.5 Å². The zero-order valence-electron chi connectivity index (χ0n) is 19.6. The number of benzene rings is 3. The fourth-order valence-electron chi connectivity index (χ4n) is 3.82. The molecule has 0 spiro atoms. The molecule has 0 aliphatic carbocycles. The number of hydrogen-bond acceptors (Lipinski definition) is 4. The summed E-state index contributed by atoms with van der Waals surface area (Å²) in [7, 11) is 1.98. The van der Waals surface area contributed by atoms with Gasteiger partial charge in [-0.25, -0.2) is 4.57 Å². The molecule has 1 amide bonds. The van der Waals surface area contributed by atoms with Gasteiger partial charge < -0.3 is 16.0 Å². The van der Waals surface area contributed by atoms with Gasteiger partial charge in [0.1, 0.15) is 7.05 Å². The van der Waals surface area contributed by atoms with Gasteiger partial charge in [0.25, 0.3) is 5.91 Å². The number of fused-ring (bicyclic) bond motifs is 1. The zero-order valence-corrected chi connectivity index (χ0v) is 19.6. The first-order valence-electron chi connectivity index (χ1n) is 11.4. The quantitative estimate of drug-likeness (QED) is 0.268. The molecule has 6 heteroatoms. The van der Waals surface area contributed by atoms with Crippen LogP contribution in [0.15, 0.2) is 104 Å². The maximum absolute atomic E-state index is 12.7. The Morgan fingerprint density at radius 2 is 1.37 bits per heavy atom. The van der Waals surface area contributed by atoms with Gasteiger partial charge in [-0.1, -0.05) is 11.6 Å². The number of anilines is 5. The summed E-state index contributed by atoms with van der Waals surface area (Å²) in [6.07, 6.45) is 5.76. The number of amides is 1. The summed E-state index contributed by atoms with van der Waals surface area (Å²) >= 11 is 0. The number of aromatic nitrogens is 2. The van der Waals surface area contributed by atoms with Crippen molar-refractivity contribution in [2.75, 3.05) is 16.0 Å². The van der Waals surface area contributed by atoms with Crippen molar-refractivity contribution in [1.82, 2.24) is 4.98 Å². The summed E-state index contributed by atoms with van der Waals surface area (Å²) in [5.41, 5.74) is 7.29. The Morgan fingerprint density at radius 3 is 2.11 bits per heavy atom. The van der Waals surface area contributed by atoms with Crippen LogP contribution in [0.25, 0.3) is 10.9 Å². The van der Waals surface area contributed by atoms with E-state index in [0.717, 1.165) is 39.3 Å². The summed E-state index contributed by atoms with van der Waals surface area (Å²) in [6, 6.07) is 27.3. The van der Waals surface area contributed by atoms with Crippen LogP contribution in [0.3, 0.4) is 0 Å². The van der Waals surface area contributed by atoms with Gasteiger partial charge in [-0.15, -0.1) is 0 Å². The molecule has 0 saturated heterocycles. The van der Waals surface area contributed by atoms with Gasteiger partial charge in [0.05, 0.1) is 11.2 Å². The Balaban J connectivity index is 1.23. The molecule has 6 nitrogen and oxygen atoms in total. The Kier molecular flexibility index (Phi) is 6.09. The third-order valence-corrected chi connectivity index (χ3v) is 5.73. The molecule has 0 saturated carbocycles. The van der Waals surface area contributed by atoms with Crippen molar-refractivity contribution < 1.29 is 9.36 Å². The van der Waals surface area contributed by atoms with Crippen molar-refractivity contribution in [3.05, 3.63) is 115 Å². The predicted molar refractivity (Wildman–Crippen MR) is 142 cm³/mol. The van der Waals surface area contributed by atoms with Crippen LogP contribution in [0.2, 0.25) is 0 Å². The van der Waals surface area contributed by atoms with Crippen LogP contribution in [0.4, 0.5) is 28.4 Å². The molecule has 0 aliphatic heterocycles. The number of aryl methyl sites for hydroxylation is 2. The summed E-state index contributed by atoms with van der Waals surface area (Å²) in [4.78, 5) is 17.2. The number of carbonyl (C=O) groups excluding carboxylic acids is 1. The van der Waals surface area contributed by atoms with Gasteiger partial charge in [0, 0.05) is 52.0 Å². The topological polar surface area (TPSA) is 69.9 Å². The third-order valence-electron chi connectivity index (χ3n) is 5.73. The highest BCUT2D eigenvalue weighted by atomic mass is 16.1. The number of nitrogens with one attached hydrogen (secondary N) is 3. The molecule has 0 fully saturated rings. The molecule has 3 N–H and O–H groups in total. The van der Waals surface area contributed by atoms with Gasteiger partial charge in [0.15, 0.2) is 12.4 Å². The molecule has 2 heterocycles. The van der Waals surface area contributed by atoms with Crippen molar-refractivity contribution in [2.45, 2.75) is 6.92 Å². The molecule has 35 heavy (non-hydrogen) atoms. The fourth-order valence-corrected chi connectivity index (χ4v) is 3.82. The lowest BCUT2D eigenvalue weighted by molar-refractivity contribution is -0.671. The van der Waals surface area contributed by atoms with Crippen LogP contribution >= 0.6 is 0 Å². The number of nitrogens with zero attached hydrogens (tertiary/aromatic N) is 2. The largest absolute Gasteiger partial charge is 0.355 e. The minimum Gasteiger partial charge on any atom is -0.355 e. The van der Waals surface area contributed by atoms with E-state index in [2.05, 4.69) is 40.0 Å². The van der Waals surface area contributed by atoms with Crippen molar-refractivity contribution in [3.63, 3.8) is 0 Å². The Labute approximate surface area is 204 Å². The van der Waals surface area contributed by atoms with E-state index in [9.17, 15) is 4.79 Å². The predicted octanol–water partition coefficient (Wildman–Crippen LogP) is 6.11. The molecule has 0 unspecified atom stereocenters.